The van der Waals surface area contributed by atoms with Gasteiger partial charge in [-0.15, -0.1) is 0 Å². The Labute approximate surface area is 112 Å². The van der Waals surface area contributed by atoms with Gasteiger partial charge in [-0.1, -0.05) is 12.1 Å². The van der Waals surface area contributed by atoms with Crippen LogP contribution in [0.5, 0.6) is 0 Å². The Balaban J connectivity index is 2.36. The van der Waals surface area contributed by atoms with Crippen molar-refractivity contribution in [2.75, 3.05) is 0 Å². The molecule has 4 heteroatoms. The number of carboxylic acids is 1. The molecule has 1 heterocycles. The van der Waals surface area contributed by atoms with E-state index in [1.54, 1.807) is 6.20 Å². The van der Waals surface area contributed by atoms with Gasteiger partial charge in [0, 0.05) is 12.1 Å². The second kappa shape index (κ2) is 5.26. The average Bonchev–Trinajstić information content (AvgIpc) is 2.71. The summed E-state index contributed by atoms with van der Waals surface area (Å²) in [6.45, 7) is 6.08. The predicted molar refractivity (Wildman–Crippen MR) is 73.7 cm³/mol. The highest BCUT2D eigenvalue weighted by molar-refractivity contribution is 5.67. The number of rotatable bonds is 4. The molecule has 0 atom stereocenters. The molecule has 19 heavy (non-hydrogen) atoms. The van der Waals surface area contributed by atoms with E-state index >= 15 is 0 Å². The number of nitrogens with zero attached hydrogens (tertiary/aromatic N) is 2. The summed E-state index contributed by atoms with van der Waals surface area (Å²) in [5, 5.41) is 13.1. The zero-order valence-corrected chi connectivity index (χ0v) is 11.5. The third kappa shape index (κ3) is 2.84. The summed E-state index contributed by atoms with van der Waals surface area (Å²) in [5.74, 6) is -0.779. The van der Waals surface area contributed by atoms with Crippen LogP contribution in [-0.4, -0.2) is 20.9 Å². The second-order valence-corrected chi connectivity index (χ2v) is 4.85. The van der Waals surface area contributed by atoms with E-state index in [2.05, 4.69) is 23.3 Å². The molecule has 0 spiro atoms. The second-order valence-electron chi connectivity index (χ2n) is 4.85. The fourth-order valence-electron chi connectivity index (χ4n) is 2.12. The maximum atomic E-state index is 10.6. The highest BCUT2D eigenvalue weighted by atomic mass is 16.4. The molecule has 0 saturated heterocycles. The molecule has 0 aliphatic carbocycles. The molecule has 1 aromatic carbocycles. The van der Waals surface area contributed by atoms with Crippen LogP contribution < -0.4 is 0 Å². The van der Waals surface area contributed by atoms with Gasteiger partial charge in [-0.25, -0.2) is 4.68 Å². The molecule has 0 amide bonds. The number of carbonyl (C=O) groups is 1. The summed E-state index contributed by atoms with van der Waals surface area (Å²) in [5.41, 5.74) is 5.39. The van der Waals surface area contributed by atoms with E-state index in [0.717, 1.165) is 22.5 Å². The summed E-state index contributed by atoms with van der Waals surface area (Å²) in [4.78, 5) is 10.6. The lowest BCUT2D eigenvalue weighted by molar-refractivity contribution is -0.136. The molecular weight excluding hydrogens is 240 g/mol. The third-order valence-corrected chi connectivity index (χ3v) is 3.31. The lowest BCUT2D eigenvalue weighted by atomic mass is 10.1. The molecule has 0 bridgehead atoms. The zero-order valence-electron chi connectivity index (χ0n) is 11.5. The Morgan fingerprint density at radius 1 is 1.32 bits per heavy atom. The lowest BCUT2D eigenvalue weighted by Gasteiger charge is -2.09. The summed E-state index contributed by atoms with van der Waals surface area (Å²) >= 11 is 0. The number of aliphatic carboxylic acids is 1. The summed E-state index contributed by atoms with van der Waals surface area (Å²) < 4.78 is 1.89. The number of benzene rings is 1. The Bertz CT molecular complexity index is 615. The Kier molecular flexibility index (Phi) is 3.69. The largest absolute Gasteiger partial charge is 0.481 e. The first-order valence-corrected chi connectivity index (χ1v) is 6.32. The van der Waals surface area contributed by atoms with Crippen molar-refractivity contribution in [1.82, 2.24) is 9.78 Å². The standard InChI is InChI=1S/C15H18N2O2/c1-10-4-5-11(2)14(8-10)17-12(3)13(9-16-17)6-7-15(18)19/h4-5,8-9H,6-7H2,1-3H3,(H,18,19). The number of aromatic nitrogens is 2. The van der Waals surface area contributed by atoms with Crippen LogP contribution in [-0.2, 0) is 11.2 Å². The van der Waals surface area contributed by atoms with Crippen molar-refractivity contribution >= 4 is 5.97 Å². The minimum Gasteiger partial charge on any atom is -0.481 e. The molecule has 0 radical (unpaired) electrons. The van der Waals surface area contributed by atoms with Gasteiger partial charge < -0.3 is 5.11 Å². The van der Waals surface area contributed by atoms with E-state index in [4.69, 9.17) is 5.11 Å². The summed E-state index contributed by atoms with van der Waals surface area (Å²) in [6.07, 6.45) is 2.42. The van der Waals surface area contributed by atoms with E-state index in [0.29, 0.717) is 6.42 Å². The molecule has 1 N–H and O–H groups in total. The van der Waals surface area contributed by atoms with E-state index in [9.17, 15) is 4.79 Å². The van der Waals surface area contributed by atoms with Crippen molar-refractivity contribution in [1.29, 1.82) is 0 Å². The van der Waals surface area contributed by atoms with Crippen molar-refractivity contribution in [2.45, 2.75) is 33.6 Å². The Morgan fingerprint density at radius 2 is 2.05 bits per heavy atom. The molecular formula is C15H18N2O2. The molecule has 0 aliphatic rings. The van der Waals surface area contributed by atoms with Crippen LogP contribution in [0.4, 0.5) is 0 Å². The highest BCUT2D eigenvalue weighted by Crippen LogP contribution is 2.19. The zero-order chi connectivity index (χ0) is 14.0. The van der Waals surface area contributed by atoms with Gasteiger partial charge in [-0.2, -0.15) is 5.10 Å². The number of hydrogen-bond donors (Lipinski definition) is 1. The minimum atomic E-state index is -0.779. The van der Waals surface area contributed by atoms with Crippen LogP contribution in [0, 0.1) is 20.8 Å². The molecule has 0 saturated carbocycles. The summed E-state index contributed by atoms with van der Waals surface area (Å²) in [7, 11) is 0. The monoisotopic (exact) mass is 258 g/mol. The van der Waals surface area contributed by atoms with Gasteiger partial charge in [-0.3, -0.25) is 4.79 Å². The first-order valence-electron chi connectivity index (χ1n) is 6.32. The first-order chi connectivity index (χ1) is 8.99. The SMILES string of the molecule is Cc1ccc(C)c(-n2ncc(CCC(=O)O)c2C)c1. The maximum Gasteiger partial charge on any atom is 0.303 e. The van der Waals surface area contributed by atoms with Crippen molar-refractivity contribution in [3.63, 3.8) is 0 Å². The van der Waals surface area contributed by atoms with Gasteiger partial charge >= 0.3 is 5.97 Å². The lowest BCUT2D eigenvalue weighted by Crippen LogP contribution is -2.03. The number of carboxylic acid groups (broad SMARTS) is 1. The minimum absolute atomic E-state index is 0.138. The van der Waals surface area contributed by atoms with Crippen LogP contribution in [0.15, 0.2) is 24.4 Å². The Hall–Kier alpha value is -2.10. The van der Waals surface area contributed by atoms with Gasteiger partial charge in [0.15, 0.2) is 0 Å². The number of hydrogen-bond acceptors (Lipinski definition) is 2. The molecule has 2 aromatic rings. The first kappa shape index (κ1) is 13.3. The quantitative estimate of drug-likeness (QED) is 0.917. The van der Waals surface area contributed by atoms with Gasteiger partial charge in [0.05, 0.1) is 11.9 Å². The topological polar surface area (TPSA) is 55.1 Å². The van der Waals surface area contributed by atoms with E-state index < -0.39 is 5.97 Å². The molecule has 0 fully saturated rings. The molecule has 4 nitrogen and oxygen atoms in total. The van der Waals surface area contributed by atoms with Crippen molar-refractivity contribution in [3.8, 4) is 5.69 Å². The fraction of sp³-hybridized carbons (Fsp3) is 0.333. The van der Waals surface area contributed by atoms with Crippen LogP contribution >= 0.6 is 0 Å². The smallest absolute Gasteiger partial charge is 0.303 e. The third-order valence-electron chi connectivity index (χ3n) is 3.31. The molecule has 0 aliphatic heterocycles. The van der Waals surface area contributed by atoms with E-state index in [1.807, 2.05) is 25.5 Å². The van der Waals surface area contributed by atoms with Gasteiger partial charge in [-0.05, 0) is 49.9 Å². The molecule has 1 aromatic heterocycles. The average molecular weight is 258 g/mol. The molecule has 100 valence electrons. The van der Waals surface area contributed by atoms with E-state index in [-0.39, 0.29) is 6.42 Å². The molecule has 0 unspecified atom stereocenters. The molecule has 2 rings (SSSR count). The summed E-state index contributed by atoms with van der Waals surface area (Å²) in [6, 6.07) is 6.24. The fourth-order valence-corrected chi connectivity index (χ4v) is 2.12. The predicted octanol–water partition coefficient (Wildman–Crippen LogP) is 2.81. The maximum absolute atomic E-state index is 10.6. The van der Waals surface area contributed by atoms with Gasteiger partial charge in [0.25, 0.3) is 0 Å². The van der Waals surface area contributed by atoms with Crippen molar-refractivity contribution < 1.29 is 9.90 Å². The van der Waals surface area contributed by atoms with Crippen molar-refractivity contribution in [2.24, 2.45) is 0 Å². The van der Waals surface area contributed by atoms with Crippen molar-refractivity contribution in [3.05, 3.63) is 46.8 Å². The van der Waals surface area contributed by atoms with Gasteiger partial charge in [0.1, 0.15) is 0 Å². The highest BCUT2D eigenvalue weighted by Gasteiger charge is 2.11. The Morgan fingerprint density at radius 3 is 2.74 bits per heavy atom. The van der Waals surface area contributed by atoms with Crippen LogP contribution in [0.25, 0.3) is 5.69 Å². The van der Waals surface area contributed by atoms with E-state index in [1.165, 1.54) is 5.56 Å². The van der Waals surface area contributed by atoms with Crippen LogP contribution in [0.1, 0.15) is 28.8 Å². The van der Waals surface area contributed by atoms with Crippen LogP contribution in [0.3, 0.4) is 0 Å². The van der Waals surface area contributed by atoms with Gasteiger partial charge in [0.2, 0.25) is 0 Å². The normalized spacial score (nSPS) is 10.7. The van der Waals surface area contributed by atoms with Crippen LogP contribution in [0.2, 0.25) is 0 Å². The number of aryl methyl sites for hydroxylation is 3.